The van der Waals surface area contributed by atoms with Crippen LogP contribution in [0.15, 0.2) is 54.7 Å². The minimum absolute atomic E-state index is 0. The number of rotatable bonds is 4. The number of halogens is 1. The molecule has 2 rings (SSSR count). The van der Waals surface area contributed by atoms with Gasteiger partial charge in [-0.25, -0.2) is 0 Å². The molecule has 0 unspecified atom stereocenters. The van der Waals surface area contributed by atoms with Crippen molar-refractivity contribution in [2.45, 2.75) is 13.1 Å². The van der Waals surface area contributed by atoms with Crippen LogP contribution in [0.2, 0.25) is 0 Å². The number of hydrogen-bond donors (Lipinski definition) is 2. The van der Waals surface area contributed by atoms with Crippen LogP contribution in [0.5, 0.6) is 0 Å². The minimum atomic E-state index is 0. The maximum atomic E-state index is 8.75. The summed E-state index contributed by atoms with van der Waals surface area (Å²) in [5.74, 6) is 0. The molecule has 1 heterocycles. The summed E-state index contributed by atoms with van der Waals surface area (Å²) in [7, 11) is 0. The summed E-state index contributed by atoms with van der Waals surface area (Å²) < 4.78 is 2.11. The van der Waals surface area contributed by atoms with E-state index in [0.29, 0.717) is 6.54 Å². The third-order valence-corrected chi connectivity index (χ3v) is 2.49. The second-order valence-electron chi connectivity index (χ2n) is 3.64. The third kappa shape index (κ3) is 3.93. The molecule has 0 spiro atoms. The Morgan fingerprint density at radius 2 is 1.71 bits per heavy atom. The van der Waals surface area contributed by atoms with Gasteiger partial charge in [-0.05, 0) is 0 Å². The van der Waals surface area contributed by atoms with Crippen molar-refractivity contribution in [3.63, 3.8) is 0 Å². The van der Waals surface area contributed by atoms with Gasteiger partial charge in [0.25, 0.3) is 0 Å². The maximum Gasteiger partial charge on any atom is 0.197 e. The Morgan fingerprint density at radius 3 is 2.41 bits per heavy atom. The van der Waals surface area contributed by atoms with Gasteiger partial charge in [0.15, 0.2) is 18.4 Å². The lowest BCUT2D eigenvalue weighted by Gasteiger charge is -2.02. The number of hydroxylamine groups is 1. The van der Waals surface area contributed by atoms with Gasteiger partial charge in [-0.1, -0.05) is 36.4 Å². The van der Waals surface area contributed by atoms with Crippen LogP contribution in [-0.4, -0.2) is 5.21 Å². The molecule has 0 aliphatic carbocycles. The number of hydrogen-bond acceptors (Lipinski definition) is 2. The highest BCUT2D eigenvalue weighted by Crippen LogP contribution is 1.99. The van der Waals surface area contributed by atoms with E-state index in [-0.39, 0.29) is 17.0 Å². The van der Waals surface area contributed by atoms with Gasteiger partial charge in [0, 0.05) is 17.7 Å². The topological polar surface area (TPSA) is 36.1 Å². The largest absolute Gasteiger partial charge is 1.00 e. The van der Waals surface area contributed by atoms with Crippen molar-refractivity contribution in [3.05, 3.63) is 66.0 Å². The van der Waals surface area contributed by atoms with Gasteiger partial charge in [0.2, 0.25) is 0 Å². The van der Waals surface area contributed by atoms with E-state index in [1.165, 1.54) is 5.56 Å². The normalized spacial score (nSPS) is 9.71. The van der Waals surface area contributed by atoms with Crippen LogP contribution in [0.1, 0.15) is 11.3 Å². The monoisotopic (exact) mass is 294 g/mol. The van der Waals surface area contributed by atoms with Crippen LogP contribution in [0.25, 0.3) is 0 Å². The van der Waals surface area contributed by atoms with Gasteiger partial charge < -0.3 is 22.2 Å². The van der Waals surface area contributed by atoms with E-state index in [1.807, 2.05) is 42.6 Å². The molecular weight excluding hydrogens is 280 g/mol. The van der Waals surface area contributed by atoms with Crippen LogP contribution in [0.4, 0.5) is 0 Å². The summed E-state index contributed by atoms with van der Waals surface area (Å²) in [5, 5.41) is 8.75. The molecule has 0 aliphatic heterocycles. The number of aromatic nitrogens is 1. The summed E-state index contributed by atoms with van der Waals surface area (Å²) in [6.45, 7) is 1.27. The Kier molecular flexibility index (Phi) is 5.83. The second kappa shape index (κ2) is 7.17. The molecule has 0 aliphatic rings. The SMILES string of the molecule is ONCc1cccc[n+]1Cc1ccccc1.[Br-]. The number of nitrogens with one attached hydrogen (secondary N) is 1. The van der Waals surface area contributed by atoms with Crippen LogP contribution in [-0.2, 0) is 13.1 Å². The Hall–Kier alpha value is -1.23. The van der Waals surface area contributed by atoms with E-state index >= 15 is 0 Å². The number of nitrogens with zero attached hydrogens (tertiary/aromatic N) is 1. The highest BCUT2D eigenvalue weighted by atomic mass is 79.9. The van der Waals surface area contributed by atoms with Crippen molar-refractivity contribution < 1.29 is 26.8 Å². The molecule has 2 N–H and O–H groups in total. The zero-order valence-corrected chi connectivity index (χ0v) is 11.0. The zero-order chi connectivity index (χ0) is 11.2. The molecule has 4 heteroatoms. The predicted octanol–water partition coefficient (Wildman–Crippen LogP) is -1.49. The highest BCUT2D eigenvalue weighted by molar-refractivity contribution is 5.13. The van der Waals surface area contributed by atoms with E-state index in [4.69, 9.17) is 5.21 Å². The summed E-state index contributed by atoms with van der Waals surface area (Å²) >= 11 is 0. The molecule has 0 bridgehead atoms. The maximum absolute atomic E-state index is 8.75. The van der Waals surface area contributed by atoms with Crippen molar-refractivity contribution in [1.29, 1.82) is 0 Å². The lowest BCUT2D eigenvalue weighted by Crippen LogP contribution is -3.00. The molecule has 0 saturated carbocycles. The fourth-order valence-electron chi connectivity index (χ4n) is 1.69. The van der Waals surface area contributed by atoms with Gasteiger partial charge in [-0.15, -0.1) is 0 Å². The zero-order valence-electron chi connectivity index (χ0n) is 9.38. The summed E-state index contributed by atoms with van der Waals surface area (Å²) in [4.78, 5) is 0. The van der Waals surface area contributed by atoms with Crippen molar-refractivity contribution >= 4 is 0 Å². The van der Waals surface area contributed by atoms with E-state index < -0.39 is 0 Å². The van der Waals surface area contributed by atoms with E-state index in [2.05, 4.69) is 22.2 Å². The van der Waals surface area contributed by atoms with E-state index in [1.54, 1.807) is 0 Å². The second-order valence-corrected chi connectivity index (χ2v) is 3.64. The van der Waals surface area contributed by atoms with Crippen molar-refractivity contribution in [1.82, 2.24) is 5.48 Å². The number of benzene rings is 1. The van der Waals surface area contributed by atoms with Crippen molar-refractivity contribution in [2.75, 3.05) is 0 Å². The molecule has 0 atom stereocenters. The first-order valence-corrected chi connectivity index (χ1v) is 5.28. The van der Waals surface area contributed by atoms with Crippen LogP contribution in [0.3, 0.4) is 0 Å². The van der Waals surface area contributed by atoms with Crippen LogP contribution >= 0.6 is 0 Å². The lowest BCUT2D eigenvalue weighted by molar-refractivity contribution is -0.696. The fraction of sp³-hybridized carbons (Fsp3) is 0.154. The van der Waals surface area contributed by atoms with Gasteiger partial charge in [0.05, 0.1) is 0 Å². The Balaban J connectivity index is 0.00000144. The van der Waals surface area contributed by atoms with Crippen LogP contribution in [0, 0.1) is 0 Å². The first kappa shape index (κ1) is 13.8. The Bertz CT molecular complexity index is 448. The van der Waals surface area contributed by atoms with Crippen molar-refractivity contribution in [2.24, 2.45) is 0 Å². The number of pyridine rings is 1. The standard InChI is InChI=1S/C13H15N2O.BrH/c16-14-10-13-8-4-5-9-15(13)11-12-6-2-1-3-7-12;/h1-9,14,16H,10-11H2;1H/q+1;/p-1. The lowest BCUT2D eigenvalue weighted by atomic mass is 10.2. The smallest absolute Gasteiger partial charge is 0.197 e. The van der Waals surface area contributed by atoms with Gasteiger partial charge >= 0.3 is 0 Å². The van der Waals surface area contributed by atoms with E-state index in [9.17, 15) is 0 Å². The summed E-state index contributed by atoms with van der Waals surface area (Å²) in [6, 6.07) is 16.2. The van der Waals surface area contributed by atoms with Gasteiger partial charge in [-0.3, -0.25) is 0 Å². The molecule has 0 fully saturated rings. The summed E-state index contributed by atoms with van der Waals surface area (Å²) in [6.07, 6.45) is 2.01. The highest BCUT2D eigenvalue weighted by Gasteiger charge is 2.08. The molecular formula is C13H15BrN2O. The van der Waals surface area contributed by atoms with E-state index in [0.717, 1.165) is 12.2 Å². The molecule has 90 valence electrons. The first-order valence-electron chi connectivity index (χ1n) is 5.28. The third-order valence-electron chi connectivity index (χ3n) is 2.49. The predicted molar refractivity (Wildman–Crippen MR) is 60.8 cm³/mol. The molecule has 1 aromatic carbocycles. The molecule has 2 aromatic rings. The Morgan fingerprint density at radius 1 is 1.00 bits per heavy atom. The Labute approximate surface area is 111 Å². The minimum Gasteiger partial charge on any atom is -1.00 e. The average Bonchev–Trinajstić information content (AvgIpc) is 2.33. The molecule has 0 radical (unpaired) electrons. The first-order chi connectivity index (χ1) is 7.90. The molecule has 0 amide bonds. The molecule has 1 aromatic heterocycles. The van der Waals surface area contributed by atoms with Gasteiger partial charge in [-0.2, -0.15) is 10.0 Å². The molecule has 3 nitrogen and oxygen atoms in total. The van der Waals surface area contributed by atoms with Crippen LogP contribution < -0.4 is 27.0 Å². The average molecular weight is 295 g/mol. The van der Waals surface area contributed by atoms with Crippen molar-refractivity contribution in [3.8, 4) is 0 Å². The van der Waals surface area contributed by atoms with Gasteiger partial charge in [0.1, 0.15) is 6.54 Å². The molecule has 0 saturated heterocycles. The summed E-state index contributed by atoms with van der Waals surface area (Å²) in [5.41, 5.74) is 4.49. The molecule has 17 heavy (non-hydrogen) atoms. The quantitative estimate of drug-likeness (QED) is 0.532. The fourth-order valence-corrected chi connectivity index (χ4v) is 1.69.